The zero-order chi connectivity index (χ0) is 9.80. The van der Waals surface area contributed by atoms with E-state index < -0.39 is 0 Å². The maximum absolute atomic E-state index is 3.41. The number of hydrogen-bond acceptors (Lipinski definition) is 1. The van der Waals surface area contributed by atoms with Gasteiger partial charge in [0.25, 0.3) is 0 Å². The Kier molecular flexibility index (Phi) is 3.20. The fourth-order valence-corrected chi connectivity index (χ4v) is 2.07. The summed E-state index contributed by atoms with van der Waals surface area (Å²) in [5.74, 6) is 0.852. The predicted molar refractivity (Wildman–Crippen MR) is 60.4 cm³/mol. The van der Waals surface area contributed by atoms with E-state index in [1.54, 1.807) is 5.56 Å². The van der Waals surface area contributed by atoms with Gasteiger partial charge < -0.3 is 5.32 Å². The van der Waals surface area contributed by atoms with Crippen molar-refractivity contribution in [3.8, 4) is 0 Å². The Labute approximate surface area is 86.5 Å². The fraction of sp³-hybridized carbons (Fsp3) is 0.538. The highest BCUT2D eigenvalue weighted by atomic mass is 14.8. The Morgan fingerprint density at radius 3 is 2.71 bits per heavy atom. The first-order chi connectivity index (χ1) is 6.92. The summed E-state index contributed by atoms with van der Waals surface area (Å²) >= 11 is 0. The van der Waals surface area contributed by atoms with Gasteiger partial charge in [0.2, 0.25) is 0 Å². The van der Waals surface area contributed by atoms with Crippen molar-refractivity contribution in [3.63, 3.8) is 0 Å². The first-order valence-electron chi connectivity index (χ1n) is 5.70. The van der Waals surface area contributed by atoms with Crippen LogP contribution in [0.1, 0.15) is 43.2 Å². The molecule has 1 nitrogen and oxygen atoms in total. The first-order valence-corrected chi connectivity index (χ1v) is 5.70. The highest BCUT2D eigenvalue weighted by molar-refractivity contribution is 5.31. The van der Waals surface area contributed by atoms with Crippen molar-refractivity contribution in [1.82, 2.24) is 5.32 Å². The molecule has 0 atom stereocenters. The van der Waals surface area contributed by atoms with Crippen LogP contribution in [-0.4, -0.2) is 6.54 Å². The Morgan fingerprint density at radius 2 is 2.07 bits per heavy atom. The standard InChI is InChI=1S/C13H19N/c1-2-14-10-12-6-3-4-9-13(12)11-7-5-8-11/h3-4,6,9,11,14H,2,5,7-8,10H2,1H3. The molecule has 76 valence electrons. The largest absolute Gasteiger partial charge is 0.313 e. The van der Waals surface area contributed by atoms with Gasteiger partial charge in [-0.2, -0.15) is 0 Å². The molecule has 1 saturated carbocycles. The second kappa shape index (κ2) is 4.61. The van der Waals surface area contributed by atoms with Crippen molar-refractivity contribution in [2.75, 3.05) is 6.54 Å². The summed E-state index contributed by atoms with van der Waals surface area (Å²) in [6.07, 6.45) is 4.20. The molecule has 0 aromatic heterocycles. The summed E-state index contributed by atoms with van der Waals surface area (Å²) in [6.45, 7) is 4.24. The molecule has 1 aromatic carbocycles. The van der Waals surface area contributed by atoms with E-state index in [-0.39, 0.29) is 0 Å². The van der Waals surface area contributed by atoms with E-state index in [2.05, 4.69) is 36.5 Å². The minimum absolute atomic E-state index is 0.852. The van der Waals surface area contributed by atoms with Crippen LogP contribution >= 0.6 is 0 Å². The van der Waals surface area contributed by atoms with Crippen molar-refractivity contribution in [3.05, 3.63) is 35.4 Å². The summed E-state index contributed by atoms with van der Waals surface area (Å²) in [5, 5.41) is 3.41. The Bertz CT molecular complexity index is 289. The van der Waals surface area contributed by atoms with Crippen molar-refractivity contribution in [2.24, 2.45) is 0 Å². The topological polar surface area (TPSA) is 12.0 Å². The number of rotatable bonds is 4. The van der Waals surface area contributed by atoms with Crippen molar-refractivity contribution in [2.45, 2.75) is 38.6 Å². The van der Waals surface area contributed by atoms with Gasteiger partial charge in [-0.05, 0) is 36.4 Å². The van der Waals surface area contributed by atoms with Gasteiger partial charge >= 0.3 is 0 Å². The normalized spacial score (nSPS) is 16.6. The lowest BCUT2D eigenvalue weighted by Crippen LogP contribution is -2.16. The first kappa shape index (κ1) is 9.72. The SMILES string of the molecule is CCNCc1ccccc1C1CCC1. The molecule has 0 heterocycles. The minimum Gasteiger partial charge on any atom is -0.313 e. The molecule has 1 aliphatic rings. The van der Waals surface area contributed by atoms with Gasteiger partial charge in [-0.15, -0.1) is 0 Å². The van der Waals surface area contributed by atoms with Crippen LogP contribution in [0.2, 0.25) is 0 Å². The Hall–Kier alpha value is -0.820. The van der Waals surface area contributed by atoms with Gasteiger partial charge in [0.05, 0.1) is 0 Å². The fourth-order valence-electron chi connectivity index (χ4n) is 2.07. The third-order valence-corrected chi connectivity index (χ3v) is 3.17. The van der Waals surface area contributed by atoms with Gasteiger partial charge in [-0.25, -0.2) is 0 Å². The minimum atomic E-state index is 0.852. The van der Waals surface area contributed by atoms with E-state index in [1.807, 2.05) is 0 Å². The molecule has 1 aromatic rings. The van der Waals surface area contributed by atoms with Crippen LogP contribution < -0.4 is 5.32 Å². The molecule has 0 aliphatic heterocycles. The van der Waals surface area contributed by atoms with Crippen LogP contribution in [0.15, 0.2) is 24.3 Å². The Morgan fingerprint density at radius 1 is 1.29 bits per heavy atom. The molecule has 0 spiro atoms. The molecule has 0 unspecified atom stereocenters. The molecule has 0 saturated heterocycles. The summed E-state index contributed by atoms with van der Waals surface area (Å²) in [7, 11) is 0. The number of benzene rings is 1. The lowest BCUT2D eigenvalue weighted by molar-refractivity contribution is 0.416. The summed E-state index contributed by atoms with van der Waals surface area (Å²) in [4.78, 5) is 0. The second-order valence-corrected chi connectivity index (χ2v) is 4.11. The molecular formula is C13H19N. The third-order valence-electron chi connectivity index (χ3n) is 3.17. The molecular weight excluding hydrogens is 170 g/mol. The lowest BCUT2D eigenvalue weighted by Gasteiger charge is -2.28. The van der Waals surface area contributed by atoms with Crippen LogP contribution in [-0.2, 0) is 6.54 Å². The molecule has 0 radical (unpaired) electrons. The Balaban J connectivity index is 2.11. The predicted octanol–water partition coefficient (Wildman–Crippen LogP) is 3.06. The van der Waals surface area contributed by atoms with Gasteiger partial charge in [0.15, 0.2) is 0 Å². The van der Waals surface area contributed by atoms with E-state index in [0.29, 0.717) is 0 Å². The van der Waals surface area contributed by atoms with Crippen molar-refractivity contribution in [1.29, 1.82) is 0 Å². The summed E-state index contributed by atoms with van der Waals surface area (Å²) in [5.41, 5.74) is 3.08. The van der Waals surface area contributed by atoms with Crippen LogP contribution in [0.4, 0.5) is 0 Å². The van der Waals surface area contributed by atoms with Crippen molar-refractivity contribution >= 4 is 0 Å². The molecule has 14 heavy (non-hydrogen) atoms. The number of nitrogens with one attached hydrogen (secondary N) is 1. The molecule has 1 N–H and O–H groups in total. The van der Waals surface area contributed by atoms with Gasteiger partial charge in [-0.3, -0.25) is 0 Å². The average molecular weight is 189 g/mol. The van der Waals surface area contributed by atoms with Crippen LogP contribution in [0.3, 0.4) is 0 Å². The highest BCUT2D eigenvalue weighted by Gasteiger charge is 2.21. The van der Waals surface area contributed by atoms with E-state index in [0.717, 1.165) is 19.0 Å². The molecule has 1 aliphatic carbocycles. The number of hydrogen-bond donors (Lipinski definition) is 1. The highest BCUT2D eigenvalue weighted by Crippen LogP contribution is 2.37. The molecule has 2 rings (SSSR count). The quantitative estimate of drug-likeness (QED) is 0.767. The maximum atomic E-state index is 3.41. The van der Waals surface area contributed by atoms with Gasteiger partial charge in [0.1, 0.15) is 0 Å². The zero-order valence-corrected chi connectivity index (χ0v) is 8.92. The van der Waals surface area contributed by atoms with Gasteiger partial charge in [-0.1, -0.05) is 37.6 Å². The van der Waals surface area contributed by atoms with Crippen LogP contribution in [0, 0.1) is 0 Å². The monoisotopic (exact) mass is 189 g/mol. The van der Waals surface area contributed by atoms with Crippen LogP contribution in [0.5, 0.6) is 0 Å². The smallest absolute Gasteiger partial charge is 0.0208 e. The maximum Gasteiger partial charge on any atom is 0.0208 e. The van der Waals surface area contributed by atoms with E-state index in [1.165, 1.54) is 24.8 Å². The van der Waals surface area contributed by atoms with Gasteiger partial charge in [0, 0.05) is 6.54 Å². The summed E-state index contributed by atoms with van der Waals surface area (Å²) in [6, 6.07) is 8.88. The lowest BCUT2D eigenvalue weighted by atomic mass is 9.78. The molecule has 1 fully saturated rings. The molecule has 0 amide bonds. The second-order valence-electron chi connectivity index (χ2n) is 4.11. The molecule has 0 bridgehead atoms. The molecule has 1 heteroatoms. The van der Waals surface area contributed by atoms with Crippen molar-refractivity contribution < 1.29 is 0 Å². The van der Waals surface area contributed by atoms with Crippen LogP contribution in [0.25, 0.3) is 0 Å². The van der Waals surface area contributed by atoms with E-state index in [4.69, 9.17) is 0 Å². The third kappa shape index (κ3) is 1.98. The zero-order valence-electron chi connectivity index (χ0n) is 8.92. The van der Waals surface area contributed by atoms with E-state index in [9.17, 15) is 0 Å². The van der Waals surface area contributed by atoms with E-state index >= 15 is 0 Å². The summed E-state index contributed by atoms with van der Waals surface area (Å²) < 4.78 is 0. The average Bonchev–Trinajstić information content (AvgIpc) is 2.14.